The first-order valence-corrected chi connectivity index (χ1v) is 9.56. The van der Waals surface area contributed by atoms with Crippen molar-refractivity contribution in [2.45, 2.75) is 38.7 Å². The fraction of sp³-hybridized carbons (Fsp3) is 0.333. The molecule has 3 rings (SSSR count). The zero-order valence-corrected chi connectivity index (χ0v) is 16.8. The highest BCUT2D eigenvalue weighted by molar-refractivity contribution is 5.51. The Hall–Kier alpha value is -2.53. The molecule has 0 saturated carbocycles. The summed E-state index contributed by atoms with van der Waals surface area (Å²) in [6.07, 6.45) is 3.20. The van der Waals surface area contributed by atoms with Crippen LogP contribution in [0, 0.1) is 17.6 Å². The number of halogens is 3. The van der Waals surface area contributed by atoms with E-state index < -0.39 is 23.6 Å². The van der Waals surface area contributed by atoms with E-state index >= 15 is 0 Å². The number of ether oxygens (including phenoxy) is 2. The molecule has 1 aromatic rings. The highest BCUT2D eigenvalue weighted by Gasteiger charge is 2.32. The summed E-state index contributed by atoms with van der Waals surface area (Å²) in [4.78, 5) is 0. The lowest BCUT2D eigenvalue weighted by atomic mass is 9.91. The van der Waals surface area contributed by atoms with Crippen LogP contribution in [0.4, 0.5) is 13.2 Å². The monoisotopic (exact) mass is 404 g/mol. The van der Waals surface area contributed by atoms with Crippen molar-refractivity contribution < 1.29 is 22.6 Å². The molecule has 1 aromatic carbocycles. The van der Waals surface area contributed by atoms with Crippen LogP contribution in [0.2, 0.25) is 0 Å². The van der Waals surface area contributed by atoms with E-state index in [1.54, 1.807) is 13.0 Å². The number of allylic oxidation sites excluding steroid dienone is 3. The van der Waals surface area contributed by atoms with Gasteiger partial charge in [-0.3, -0.25) is 0 Å². The first kappa shape index (κ1) is 22.8. The van der Waals surface area contributed by atoms with E-state index in [1.807, 2.05) is 6.08 Å². The van der Waals surface area contributed by atoms with E-state index in [0.717, 1.165) is 6.42 Å². The summed E-state index contributed by atoms with van der Waals surface area (Å²) in [6.45, 7) is 19.4. The fourth-order valence-corrected chi connectivity index (χ4v) is 3.36. The maximum absolute atomic E-state index is 14.7. The Morgan fingerprint density at radius 3 is 2.48 bits per heavy atom. The lowest BCUT2D eigenvalue weighted by Gasteiger charge is -2.30. The molecule has 2 aliphatic heterocycles. The lowest BCUT2D eigenvalue weighted by Crippen LogP contribution is -2.21. The maximum Gasteiger partial charge on any atom is 0.201 e. The summed E-state index contributed by atoms with van der Waals surface area (Å²) in [7, 11) is 0. The van der Waals surface area contributed by atoms with Crippen molar-refractivity contribution >= 4 is 0 Å². The second kappa shape index (κ2) is 9.79. The number of rotatable bonds is 4. The van der Waals surface area contributed by atoms with Gasteiger partial charge < -0.3 is 9.47 Å². The normalized spacial score (nSPS) is 22.6. The van der Waals surface area contributed by atoms with Gasteiger partial charge in [0, 0.05) is 23.5 Å². The van der Waals surface area contributed by atoms with Crippen molar-refractivity contribution in [2.75, 3.05) is 6.61 Å². The minimum absolute atomic E-state index is 0.163. The molecular weight excluding hydrogens is 377 g/mol. The Labute approximate surface area is 170 Å². The Morgan fingerprint density at radius 1 is 1.24 bits per heavy atom. The minimum atomic E-state index is -1.13. The molecular formula is C24H27F3O2. The summed E-state index contributed by atoms with van der Waals surface area (Å²) >= 11 is 0. The third-order valence-corrected chi connectivity index (χ3v) is 5.12. The highest BCUT2D eigenvalue weighted by Crippen LogP contribution is 2.42. The SMILES string of the molecule is C=C.C=CC1CCC(c2cc3c(c(F)c2F)O/C(=C(\F)C(=C)CC)C(=C)C3)OC1. The van der Waals surface area contributed by atoms with Crippen molar-refractivity contribution in [3.05, 3.63) is 90.5 Å². The van der Waals surface area contributed by atoms with Gasteiger partial charge in [0.15, 0.2) is 23.2 Å². The molecule has 0 radical (unpaired) electrons. The number of hydrogen-bond donors (Lipinski definition) is 0. The minimum Gasteiger partial charge on any atom is -0.450 e. The zero-order valence-electron chi connectivity index (χ0n) is 16.8. The standard InChI is InChI=1S/C22H23F3O2.C2H4/c1-5-12(3)18(23)21-13(4)9-15-10-16(19(24)20(25)22(15)27-21)17-8-7-14(6-2)11-26-17;1-2/h6,10,14,17H,2-5,7-9,11H2,1H3;1-2H2/b21-18-;. The molecule has 0 spiro atoms. The van der Waals surface area contributed by atoms with Crippen molar-refractivity contribution in [3.63, 3.8) is 0 Å². The fourth-order valence-electron chi connectivity index (χ4n) is 3.36. The van der Waals surface area contributed by atoms with Gasteiger partial charge in [0.1, 0.15) is 0 Å². The van der Waals surface area contributed by atoms with E-state index in [2.05, 4.69) is 32.9 Å². The Bertz CT molecular complexity index is 846. The second-order valence-corrected chi connectivity index (χ2v) is 6.96. The van der Waals surface area contributed by atoms with Crippen LogP contribution in [0.25, 0.3) is 0 Å². The molecule has 0 bridgehead atoms. The van der Waals surface area contributed by atoms with Gasteiger partial charge >= 0.3 is 0 Å². The predicted molar refractivity (Wildman–Crippen MR) is 110 cm³/mol. The third kappa shape index (κ3) is 4.56. The molecule has 2 atom stereocenters. The van der Waals surface area contributed by atoms with Gasteiger partial charge in [0.2, 0.25) is 5.82 Å². The van der Waals surface area contributed by atoms with Crippen LogP contribution in [0.5, 0.6) is 5.75 Å². The van der Waals surface area contributed by atoms with Gasteiger partial charge in [-0.2, -0.15) is 4.39 Å². The zero-order chi connectivity index (χ0) is 21.7. The van der Waals surface area contributed by atoms with E-state index in [4.69, 9.17) is 9.47 Å². The van der Waals surface area contributed by atoms with E-state index in [-0.39, 0.29) is 35.0 Å². The number of fused-ring (bicyclic) bond motifs is 1. The summed E-state index contributed by atoms with van der Waals surface area (Å²) < 4.78 is 55.0. The predicted octanol–water partition coefficient (Wildman–Crippen LogP) is 7.06. The third-order valence-electron chi connectivity index (χ3n) is 5.12. The van der Waals surface area contributed by atoms with Crippen LogP contribution in [-0.2, 0) is 11.2 Å². The first-order chi connectivity index (χ1) is 13.9. The smallest absolute Gasteiger partial charge is 0.201 e. The Balaban J connectivity index is 0.00000145. The van der Waals surface area contributed by atoms with Crippen molar-refractivity contribution in [1.82, 2.24) is 0 Å². The average molecular weight is 404 g/mol. The van der Waals surface area contributed by atoms with Crippen molar-refractivity contribution in [1.29, 1.82) is 0 Å². The van der Waals surface area contributed by atoms with Gasteiger partial charge in [-0.25, -0.2) is 8.78 Å². The lowest BCUT2D eigenvalue weighted by molar-refractivity contribution is -0.00745. The Morgan fingerprint density at radius 2 is 1.93 bits per heavy atom. The molecule has 5 heteroatoms. The molecule has 1 fully saturated rings. The van der Waals surface area contributed by atoms with Crippen LogP contribution in [0.15, 0.2) is 67.8 Å². The van der Waals surface area contributed by atoms with Crippen molar-refractivity contribution in [3.8, 4) is 5.75 Å². The largest absolute Gasteiger partial charge is 0.450 e. The van der Waals surface area contributed by atoms with Crippen LogP contribution in [-0.4, -0.2) is 6.61 Å². The highest BCUT2D eigenvalue weighted by atomic mass is 19.2. The van der Waals surface area contributed by atoms with Crippen LogP contribution in [0.3, 0.4) is 0 Å². The average Bonchev–Trinajstić information content (AvgIpc) is 2.76. The summed E-state index contributed by atoms with van der Waals surface area (Å²) in [5.41, 5.74) is 1.18. The maximum atomic E-state index is 14.7. The molecule has 2 nitrogen and oxygen atoms in total. The second-order valence-electron chi connectivity index (χ2n) is 6.96. The molecule has 0 aromatic heterocycles. The molecule has 1 saturated heterocycles. The first-order valence-electron chi connectivity index (χ1n) is 9.56. The number of hydrogen-bond acceptors (Lipinski definition) is 2. The molecule has 0 amide bonds. The van der Waals surface area contributed by atoms with Gasteiger partial charge in [-0.1, -0.05) is 26.2 Å². The van der Waals surface area contributed by atoms with Gasteiger partial charge in [0.25, 0.3) is 0 Å². The van der Waals surface area contributed by atoms with E-state index in [0.29, 0.717) is 30.6 Å². The van der Waals surface area contributed by atoms with E-state index in [1.165, 1.54) is 0 Å². The summed E-state index contributed by atoms with van der Waals surface area (Å²) in [5, 5.41) is 0. The molecule has 0 aliphatic carbocycles. The molecule has 29 heavy (non-hydrogen) atoms. The van der Waals surface area contributed by atoms with Gasteiger partial charge in [-0.15, -0.1) is 19.7 Å². The Kier molecular flexibility index (Phi) is 7.68. The van der Waals surface area contributed by atoms with Crippen LogP contribution in [0.1, 0.15) is 43.4 Å². The van der Waals surface area contributed by atoms with Crippen LogP contribution < -0.4 is 4.74 Å². The quantitative estimate of drug-likeness (QED) is 0.500. The summed E-state index contributed by atoms with van der Waals surface area (Å²) in [5.74, 6) is -3.07. The molecule has 2 heterocycles. The molecule has 2 aliphatic rings. The van der Waals surface area contributed by atoms with Crippen LogP contribution >= 0.6 is 0 Å². The molecule has 156 valence electrons. The van der Waals surface area contributed by atoms with Crippen molar-refractivity contribution in [2.24, 2.45) is 5.92 Å². The molecule has 2 unspecified atom stereocenters. The topological polar surface area (TPSA) is 18.5 Å². The van der Waals surface area contributed by atoms with Gasteiger partial charge in [-0.05, 0) is 36.5 Å². The number of benzene rings is 1. The summed E-state index contributed by atoms with van der Waals surface area (Å²) in [6, 6.07) is 1.54. The van der Waals surface area contributed by atoms with Gasteiger partial charge in [0.05, 0.1) is 12.7 Å². The van der Waals surface area contributed by atoms with E-state index in [9.17, 15) is 13.2 Å². The molecule has 0 N–H and O–H groups in total.